The van der Waals surface area contributed by atoms with E-state index in [4.69, 9.17) is 16.3 Å². The Morgan fingerprint density at radius 1 is 1.29 bits per heavy atom. The highest BCUT2D eigenvalue weighted by Crippen LogP contribution is 2.66. The Morgan fingerprint density at radius 3 is 2.50 bits per heavy atom. The second-order valence-electron chi connectivity index (χ2n) is 4.48. The number of epoxide rings is 1. The van der Waals surface area contributed by atoms with Crippen molar-refractivity contribution in [2.24, 2.45) is 0 Å². The summed E-state index contributed by atoms with van der Waals surface area (Å²) in [5.74, 6) is 0. The van der Waals surface area contributed by atoms with E-state index < -0.39 is 0 Å². The Balaban J connectivity index is 1.86. The van der Waals surface area contributed by atoms with Gasteiger partial charge >= 0.3 is 0 Å². The van der Waals surface area contributed by atoms with Gasteiger partial charge in [0.1, 0.15) is 11.7 Å². The lowest BCUT2D eigenvalue weighted by Crippen LogP contribution is -2.23. The summed E-state index contributed by atoms with van der Waals surface area (Å²) in [4.78, 5) is -0.0759. The van der Waals surface area contributed by atoms with Crippen LogP contribution in [0.4, 0.5) is 0 Å². The third-order valence-corrected chi connectivity index (χ3v) is 4.24. The fourth-order valence-corrected chi connectivity index (χ4v) is 2.41. The smallest absolute Gasteiger partial charge is 0.116 e. The second kappa shape index (κ2) is 2.53. The van der Waals surface area contributed by atoms with E-state index in [0.29, 0.717) is 0 Å². The summed E-state index contributed by atoms with van der Waals surface area (Å²) >= 11 is 6.40. The lowest BCUT2D eigenvalue weighted by Gasteiger charge is -2.11. The summed E-state index contributed by atoms with van der Waals surface area (Å²) in [5, 5.41) is 0. The molecule has 1 aliphatic heterocycles. The van der Waals surface area contributed by atoms with Crippen LogP contribution in [-0.4, -0.2) is 10.5 Å². The van der Waals surface area contributed by atoms with Crippen molar-refractivity contribution >= 4 is 11.6 Å². The molecule has 1 saturated heterocycles. The molecule has 0 spiro atoms. The second-order valence-corrected chi connectivity index (χ2v) is 5.20. The van der Waals surface area contributed by atoms with Gasteiger partial charge in [-0.3, -0.25) is 0 Å². The summed E-state index contributed by atoms with van der Waals surface area (Å²) < 4.78 is 5.79. The van der Waals surface area contributed by atoms with Gasteiger partial charge in [0.25, 0.3) is 0 Å². The third kappa shape index (κ3) is 1.06. The topological polar surface area (TPSA) is 12.5 Å². The van der Waals surface area contributed by atoms with Crippen molar-refractivity contribution < 1.29 is 4.74 Å². The van der Waals surface area contributed by atoms with E-state index in [1.54, 1.807) is 0 Å². The minimum absolute atomic E-state index is 0.0759. The van der Waals surface area contributed by atoms with Gasteiger partial charge in [-0.05, 0) is 25.3 Å². The molecule has 1 aromatic rings. The summed E-state index contributed by atoms with van der Waals surface area (Å²) in [6.45, 7) is 2.13. The molecule has 3 rings (SSSR count). The molecular formula is C12H13ClO. The Kier molecular flexibility index (Phi) is 1.58. The Hall–Kier alpha value is -0.530. The van der Waals surface area contributed by atoms with E-state index in [9.17, 15) is 0 Å². The van der Waals surface area contributed by atoms with Crippen molar-refractivity contribution in [3.05, 3.63) is 35.9 Å². The lowest BCUT2D eigenvalue weighted by molar-refractivity contribution is 0.295. The van der Waals surface area contributed by atoms with E-state index in [0.717, 1.165) is 12.8 Å². The molecule has 2 heteroatoms. The maximum absolute atomic E-state index is 6.40. The number of benzene rings is 1. The lowest BCUT2D eigenvalue weighted by atomic mass is 9.96. The van der Waals surface area contributed by atoms with Gasteiger partial charge in [-0.25, -0.2) is 0 Å². The number of rotatable bonds is 2. The van der Waals surface area contributed by atoms with Crippen molar-refractivity contribution in [1.82, 2.24) is 0 Å². The van der Waals surface area contributed by atoms with Gasteiger partial charge in [0.15, 0.2) is 0 Å². The normalized spacial score (nSPS) is 38.0. The highest BCUT2D eigenvalue weighted by molar-refractivity contribution is 6.27. The summed E-state index contributed by atoms with van der Waals surface area (Å²) in [6.07, 6.45) is 2.40. The molecule has 2 unspecified atom stereocenters. The van der Waals surface area contributed by atoms with Crippen LogP contribution in [0.1, 0.15) is 31.4 Å². The minimum atomic E-state index is -0.115. The summed E-state index contributed by atoms with van der Waals surface area (Å²) in [7, 11) is 0. The maximum atomic E-state index is 6.40. The van der Waals surface area contributed by atoms with Crippen molar-refractivity contribution in [2.45, 2.75) is 36.3 Å². The number of ether oxygens (including phenoxy) is 1. The van der Waals surface area contributed by atoms with Crippen LogP contribution < -0.4 is 0 Å². The predicted octanol–water partition coefficient (Wildman–Crippen LogP) is 3.29. The number of halogens is 1. The van der Waals surface area contributed by atoms with E-state index >= 15 is 0 Å². The number of alkyl halides is 1. The molecule has 0 radical (unpaired) electrons. The van der Waals surface area contributed by atoms with Gasteiger partial charge < -0.3 is 4.74 Å². The van der Waals surface area contributed by atoms with Crippen molar-refractivity contribution in [3.63, 3.8) is 0 Å². The Bertz CT molecular complexity index is 358. The molecule has 0 aromatic heterocycles. The molecule has 14 heavy (non-hydrogen) atoms. The average molecular weight is 209 g/mol. The first-order valence-electron chi connectivity index (χ1n) is 5.07. The fraction of sp³-hybridized carbons (Fsp3) is 0.500. The zero-order valence-electron chi connectivity index (χ0n) is 8.16. The van der Waals surface area contributed by atoms with Crippen LogP contribution in [0.5, 0.6) is 0 Å². The Morgan fingerprint density at radius 2 is 1.93 bits per heavy atom. The van der Waals surface area contributed by atoms with Crippen LogP contribution in [0.2, 0.25) is 0 Å². The van der Waals surface area contributed by atoms with Gasteiger partial charge in [0.05, 0.1) is 4.87 Å². The molecule has 2 atom stereocenters. The molecule has 0 amide bonds. The van der Waals surface area contributed by atoms with Gasteiger partial charge in [-0.15, -0.1) is 11.6 Å². The largest absolute Gasteiger partial charge is 0.359 e. The summed E-state index contributed by atoms with van der Waals surface area (Å²) in [6, 6.07) is 10.3. The summed E-state index contributed by atoms with van der Waals surface area (Å²) in [5.41, 5.74) is 1.14. The molecule has 1 heterocycles. The standard InChI is InChI=1S/C12H13ClO/c1-11(12(13)7-8-12)10(14-11)9-5-3-2-4-6-9/h2-6,10H,7-8H2,1H3. The molecule has 1 nitrogen and oxygen atoms in total. The fourth-order valence-electron chi connectivity index (χ4n) is 2.17. The molecule has 74 valence electrons. The zero-order valence-corrected chi connectivity index (χ0v) is 8.92. The molecule has 2 fully saturated rings. The molecule has 1 saturated carbocycles. The van der Waals surface area contributed by atoms with Crippen LogP contribution in [0, 0.1) is 0 Å². The van der Waals surface area contributed by atoms with Crippen molar-refractivity contribution in [3.8, 4) is 0 Å². The van der Waals surface area contributed by atoms with Crippen molar-refractivity contribution in [2.75, 3.05) is 0 Å². The highest BCUT2D eigenvalue weighted by Gasteiger charge is 2.70. The average Bonchev–Trinajstić information content (AvgIpc) is 3.08. The molecule has 2 aliphatic rings. The van der Waals surface area contributed by atoms with E-state index in [1.165, 1.54) is 5.56 Å². The first-order valence-corrected chi connectivity index (χ1v) is 5.45. The minimum Gasteiger partial charge on any atom is -0.359 e. The molecule has 0 N–H and O–H groups in total. The van der Waals surface area contributed by atoms with Gasteiger partial charge in [0, 0.05) is 0 Å². The van der Waals surface area contributed by atoms with E-state index in [2.05, 4.69) is 19.1 Å². The quantitative estimate of drug-likeness (QED) is 0.537. The van der Waals surface area contributed by atoms with Crippen molar-refractivity contribution in [1.29, 1.82) is 0 Å². The van der Waals surface area contributed by atoms with Gasteiger partial charge in [-0.2, -0.15) is 0 Å². The van der Waals surface area contributed by atoms with Gasteiger partial charge in [-0.1, -0.05) is 30.3 Å². The molecular weight excluding hydrogens is 196 g/mol. The number of hydrogen-bond acceptors (Lipinski definition) is 1. The molecule has 0 bridgehead atoms. The van der Waals surface area contributed by atoms with E-state index in [1.807, 2.05) is 18.2 Å². The van der Waals surface area contributed by atoms with E-state index in [-0.39, 0.29) is 16.6 Å². The monoisotopic (exact) mass is 208 g/mol. The predicted molar refractivity (Wildman–Crippen MR) is 56.5 cm³/mol. The first-order chi connectivity index (χ1) is 6.66. The molecule has 1 aromatic carbocycles. The number of hydrogen-bond donors (Lipinski definition) is 0. The Labute approximate surface area is 89.0 Å². The first kappa shape index (κ1) is 8.75. The van der Waals surface area contributed by atoms with Gasteiger partial charge in [0.2, 0.25) is 0 Å². The third-order valence-electron chi connectivity index (χ3n) is 3.49. The zero-order chi connectivity index (χ0) is 9.81. The SMILES string of the molecule is CC1(C2(Cl)CC2)OC1c1ccccc1. The van der Waals surface area contributed by atoms with Crippen LogP contribution >= 0.6 is 11.6 Å². The highest BCUT2D eigenvalue weighted by atomic mass is 35.5. The maximum Gasteiger partial charge on any atom is 0.116 e. The van der Waals surface area contributed by atoms with Crippen LogP contribution in [0.3, 0.4) is 0 Å². The van der Waals surface area contributed by atoms with Crippen LogP contribution in [-0.2, 0) is 4.74 Å². The molecule has 1 aliphatic carbocycles. The van der Waals surface area contributed by atoms with Crippen LogP contribution in [0.15, 0.2) is 30.3 Å². The van der Waals surface area contributed by atoms with Crippen LogP contribution in [0.25, 0.3) is 0 Å².